The molecular weight excluding hydrogens is 149 g/mol. The van der Waals surface area contributed by atoms with Gasteiger partial charge in [-0.25, -0.2) is 4.39 Å². The number of rotatable bonds is 2. The molecule has 0 amide bonds. The van der Waals surface area contributed by atoms with Crippen LogP contribution in [0.3, 0.4) is 0 Å². The molecule has 0 radical (unpaired) electrons. The maximum Gasteiger partial charge on any atom is 0.304 e. The number of halogens is 1. The molecule has 1 aliphatic heterocycles. The van der Waals surface area contributed by atoms with Gasteiger partial charge >= 0.3 is 5.97 Å². The van der Waals surface area contributed by atoms with Gasteiger partial charge in [0.2, 0.25) is 0 Å². The zero-order valence-electron chi connectivity index (χ0n) is 6.22. The molecule has 0 aromatic carbocycles. The summed E-state index contributed by atoms with van der Waals surface area (Å²) in [6.45, 7) is 0.304. The average Bonchev–Trinajstić information content (AvgIpc) is 1.93. The number of nitrogens with one attached hydrogen (secondary N) is 1. The van der Waals surface area contributed by atoms with Crippen LogP contribution in [0.15, 0.2) is 0 Å². The molecule has 11 heavy (non-hydrogen) atoms. The summed E-state index contributed by atoms with van der Waals surface area (Å²) in [5, 5.41) is 11.2. The Bertz CT molecular complexity index is 143. The normalized spacial score (nSPS) is 31.7. The van der Waals surface area contributed by atoms with Gasteiger partial charge in [-0.1, -0.05) is 0 Å². The van der Waals surface area contributed by atoms with Crippen molar-refractivity contribution in [2.45, 2.75) is 31.5 Å². The molecule has 3 nitrogen and oxygen atoms in total. The Morgan fingerprint density at radius 2 is 2.36 bits per heavy atom. The number of alkyl halides is 1. The van der Waals surface area contributed by atoms with E-state index in [1.807, 2.05) is 0 Å². The third kappa shape index (κ3) is 2.84. The lowest BCUT2D eigenvalue weighted by atomic mass is 10.0. The SMILES string of the molecule is O=C(O)CC1CCC(F)CN1. The smallest absolute Gasteiger partial charge is 0.304 e. The van der Waals surface area contributed by atoms with Crippen molar-refractivity contribution >= 4 is 5.97 Å². The number of aliphatic carboxylic acids is 1. The number of carboxylic acids is 1. The molecule has 2 unspecified atom stereocenters. The summed E-state index contributed by atoms with van der Waals surface area (Å²) in [5.41, 5.74) is 0. The first-order valence-corrected chi connectivity index (χ1v) is 3.77. The maximum atomic E-state index is 12.5. The van der Waals surface area contributed by atoms with Gasteiger partial charge in [-0.2, -0.15) is 0 Å². The monoisotopic (exact) mass is 161 g/mol. The van der Waals surface area contributed by atoms with Gasteiger partial charge in [0.25, 0.3) is 0 Å². The van der Waals surface area contributed by atoms with Crippen LogP contribution in [-0.4, -0.2) is 29.8 Å². The number of carbonyl (C=O) groups is 1. The topological polar surface area (TPSA) is 49.3 Å². The lowest BCUT2D eigenvalue weighted by molar-refractivity contribution is -0.137. The maximum absolute atomic E-state index is 12.5. The lowest BCUT2D eigenvalue weighted by Gasteiger charge is -2.24. The van der Waals surface area contributed by atoms with Crippen molar-refractivity contribution in [1.29, 1.82) is 0 Å². The van der Waals surface area contributed by atoms with Crippen molar-refractivity contribution in [3.8, 4) is 0 Å². The highest BCUT2D eigenvalue weighted by molar-refractivity contribution is 5.67. The van der Waals surface area contributed by atoms with Gasteiger partial charge < -0.3 is 10.4 Å². The predicted molar refractivity (Wildman–Crippen MR) is 38.2 cm³/mol. The summed E-state index contributed by atoms with van der Waals surface area (Å²) in [6.07, 6.45) is 0.436. The van der Waals surface area contributed by atoms with Crippen LogP contribution in [0.4, 0.5) is 4.39 Å². The molecule has 0 aromatic rings. The second-order valence-electron chi connectivity index (χ2n) is 2.88. The predicted octanol–water partition coefficient (Wildman–Crippen LogP) is 0.551. The summed E-state index contributed by atoms with van der Waals surface area (Å²) >= 11 is 0. The highest BCUT2D eigenvalue weighted by Crippen LogP contribution is 2.12. The molecule has 1 rings (SSSR count). The minimum absolute atomic E-state index is 0.0282. The van der Waals surface area contributed by atoms with Gasteiger partial charge in [0.15, 0.2) is 0 Å². The summed E-state index contributed by atoms with van der Waals surface area (Å²) in [5.74, 6) is -0.820. The van der Waals surface area contributed by atoms with E-state index in [4.69, 9.17) is 5.11 Å². The zero-order valence-corrected chi connectivity index (χ0v) is 6.22. The summed E-state index contributed by atoms with van der Waals surface area (Å²) in [7, 11) is 0. The van der Waals surface area contributed by atoms with Crippen molar-refractivity contribution in [1.82, 2.24) is 5.32 Å². The molecule has 1 heterocycles. The Kier molecular flexibility index (Phi) is 2.82. The summed E-state index contributed by atoms with van der Waals surface area (Å²) in [4.78, 5) is 10.2. The van der Waals surface area contributed by atoms with Crippen molar-refractivity contribution in [3.63, 3.8) is 0 Å². The van der Waals surface area contributed by atoms with E-state index >= 15 is 0 Å². The van der Waals surface area contributed by atoms with Crippen LogP contribution in [0, 0.1) is 0 Å². The number of carboxylic acid groups (broad SMARTS) is 1. The Balaban J connectivity index is 2.22. The molecule has 64 valence electrons. The van der Waals surface area contributed by atoms with Gasteiger partial charge in [-0.05, 0) is 12.8 Å². The fourth-order valence-corrected chi connectivity index (χ4v) is 1.27. The van der Waals surface area contributed by atoms with E-state index in [9.17, 15) is 9.18 Å². The highest BCUT2D eigenvalue weighted by atomic mass is 19.1. The first kappa shape index (κ1) is 8.46. The summed E-state index contributed by atoms with van der Waals surface area (Å²) < 4.78 is 12.5. The largest absolute Gasteiger partial charge is 0.481 e. The molecule has 2 N–H and O–H groups in total. The minimum atomic E-state index is -0.820. The van der Waals surface area contributed by atoms with Gasteiger partial charge in [-0.15, -0.1) is 0 Å². The van der Waals surface area contributed by atoms with Crippen molar-refractivity contribution in [2.24, 2.45) is 0 Å². The van der Waals surface area contributed by atoms with Crippen LogP contribution in [0.25, 0.3) is 0 Å². The first-order chi connectivity index (χ1) is 5.18. The Morgan fingerprint density at radius 1 is 1.64 bits per heavy atom. The third-order valence-electron chi connectivity index (χ3n) is 1.88. The van der Waals surface area contributed by atoms with Crippen molar-refractivity contribution in [2.75, 3.05) is 6.54 Å². The average molecular weight is 161 g/mol. The van der Waals surface area contributed by atoms with E-state index in [-0.39, 0.29) is 12.5 Å². The van der Waals surface area contributed by atoms with Crippen LogP contribution in [0.2, 0.25) is 0 Å². The van der Waals surface area contributed by atoms with E-state index in [0.717, 1.165) is 0 Å². The minimum Gasteiger partial charge on any atom is -0.481 e. The van der Waals surface area contributed by atoms with Crippen molar-refractivity contribution < 1.29 is 14.3 Å². The molecular formula is C7H12FNO2. The first-order valence-electron chi connectivity index (χ1n) is 3.77. The summed E-state index contributed by atoms with van der Waals surface area (Å²) in [6, 6.07) is -0.0282. The molecule has 4 heteroatoms. The fourth-order valence-electron chi connectivity index (χ4n) is 1.27. The molecule has 1 aliphatic rings. The van der Waals surface area contributed by atoms with Gasteiger partial charge in [-0.3, -0.25) is 4.79 Å². The van der Waals surface area contributed by atoms with E-state index in [1.165, 1.54) is 0 Å². The number of piperidine rings is 1. The third-order valence-corrected chi connectivity index (χ3v) is 1.88. The molecule has 2 atom stereocenters. The number of hydrogen-bond acceptors (Lipinski definition) is 2. The van der Waals surface area contributed by atoms with Crippen molar-refractivity contribution in [3.05, 3.63) is 0 Å². The van der Waals surface area contributed by atoms with Gasteiger partial charge in [0, 0.05) is 12.6 Å². The van der Waals surface area contributed by atoms with E-state index in [0.29, 0.717) is 19.4 Å². The van der Waals surface area contributed by atoms with E-state index < -0.39 is 12.1 Å². The van der Waals surface area contributed by atoms with E-state index in [2.05, 4.69) is 5.32 Å². The molecule has 0 aromatic heterocycles. The van der Waals surface area contributed by atoms with Crippen LogP contribution in [0.5, 0.6) is 0 Å². The quantitative estimate of drug-likeness (QED) is 0.621. The Morgan fingerprint density at radius 3 is 2.82 bits per heavy atom. The Labute approximate surface area is 64.6 Å². The molecule has 1 fully saturated rings. The second kappa shape index (κ2) is 3.67. The van der Waals surface area contributed by atoms with Crippen LogP contribution in [0.1, 0.15) is 19.3 Å². The van der Waals surface area contributed by atoms with Gasteiger partial charge in [0.1, 0.15) is 6.17 Å². The molecule has 0 aliphatic carbocycles. The molecule has 0 bridgehead atoms. The Hall–Kier alpha value is -0.640. The van der Waals surface area contributed by atoms with Crippen LogP contribution >= 0.6 is 0 Å². The molecule has 1 saturated heterocycles. The number of hydrogen-bond donors (Lipinski definition) is 2. The van der Waals surface area contributed by atoms with Crippen LogP contribution in [-0.2, 0) is 4.79 Å². The molecule has 0 spiro atoms. The molecule has 0 saturated carbocycles. The zero-order chi connectivity index (χ0) is 8.27. The standard InChI is InChI=1S/C7H12FNO2/c8-5-1-2-6(9-4-5)3-7(10)11/h5-6,9H,1-4H2,(H,10,11). The second-order valence-corrected chi connectivity index (χ2v) is 2.88. The van der Waals surface area contributed by atoms with Crippen LogP contribution < -0.4 is 5.32 Å². The highest BCUT2D eigenvalue weighted by Gasteiger charge is 2.21. The lowest BCUT2D eigenvalue weighted by Crippen LogP contribution is -2.40. The van der Waals surface area contributed by atoms with E-state index in [1.54, 1.807) is 0 Å². The van der Waals surface area contributed by atoms with Gasteiger partial charge in [0.05, 0.1) is 6.42 Å². The fraction of sp³-hybridized carbons (Fsp3) is 0.857.